The van der Waals surface area contributed by atoms with Gasteiger partial charge in [0.2, 0.25) is 0 Å². The number of benzene rings is 1. The summed E-state index contributed by atoms with van der Waals surface area (Å²) in [6, 6.07) is 8.96. The number of nitrogens with zero attached hydrogens (tertiary/aromatic N) is 1. The topological polar surface area (TPSA) is 74.5 Å². The van der Waals surface area contributed by atoms with Gasteiger partial charge in [-0.2, -0.15) is 5.26 Å². The Hall–Kier alpha value is -1.61. The predicted molar refractivity (Wildman–Crippen MR) is 74.5 cm³/mol. The Morgan fingerprint density at radius 1 is 1.60 bits per heavy atom. The molecule has 1 heterocycles. The molecular weight excluding hydrogens is 256 g/mol. The Kier molecular flexibility index (Phi) is 4.96. The van der Waals surface area contributed by atoms with Gasteiger partial charge in [-0.3, -0.25) is 0 Å². The van der Waals surface area contributed by atoms with E-state index in [1.807, 2.05) is 0 Å². The van der Waals surface area contributed by atoms with Crippen LogP contribution in [-0.4, -0.2) is 43.1 Å². The molecule has 0 amide bonds. The third kappa shape index (κ3) is 4.20. The van der Waals surface area contributed by atoms with E-state index in [0.29, 0.717) is 24.5 Å². The molecular formula is C15H20N2O3. The summed E-state index contributed by atoms with van der Waals surface area (Å²) in [5.41, 5.74) is 0.493. The van der Waals surface area contributed by atoms with E-state index in [1.165, 1.54) is 0 Å². The first-order valence-corrected chi connectivity index (χ1v) is 6.75. The third-order valence-electron chi connectivity index (χ3n) is 3.39. The summed E-state index contributed by atoms with van der Waals surface area (Å²) >= 11 is 0. The largest absolute Gasteiger partial charge is 0.491 e. The van der Waals surface area contributed by atoms with E-state index >= 15 is 0 Å². The number of hydrogen-bond acceptors (Lipinski definition) is 5. The molecule has 0 aliphatic carbocycles. The van der Waals surface area contributed by atoms with Crippen LogP contribution < -0.4 is 10.1 Å². The molecule has 5 nitrogen and oxygen atoms in total. The van der Waals surface area contributed by atoms with Crippen molar-refractivity contribution in [2.45, 2.75) is 25.0 Å². The molecule has 2 atom stereocenters. The highest BCUT2D eigenvalue weighted by Crippen LogP contribution is 2.17. The number of aliphatic hydroxyl groups is 1. The highest BCUT2D eigenvalue weighted by Gasteiger charge is 2.29. The molecule has 1 fully saturated rings. The van der Waals surface area contributed by atoms with Crippen LogP contribution in [0.4, 0.5) is 0 Å². The molecule has 0 saturated carbocycles. The van der Waals surface area contributed by atoms with Gasteiger partial charge in [0.05, 0.1) is 18.2 Å². The number of hydrogen-bond donors (Lipinski definition) is 2. The van der Waals surface area contributed by atoms with Crippen molar-refractivity contribution in [3.8, 4) is 11.8 Å². The maximum atomic E-state index is 9.92. The van der Waals surface area contributed by atoms with Gasteiger partial charge in [-0.1, -0.05) is 6.07 Å². The number of β-amino-alcohol motifs (C(OH)–C–C–N with tert-alkyl or cyclic N) is 1. The van der Waals surface area contributed by atoms with Crippen LogP contribution in [0.5, 0.6) is 5.75 Å². The molecule has 0 aromatic heterocycles. The minimum atomic E-state index is -0.599. The number of nitrogens with one attached hydrogen (secondary N) is 1. The molecule has 1 aromatic carbocycles. The second-order valence-electron chi connectivity index (χ2n) is 5.35. The molecule has 2 rings (SSSR count). The molecule has 20 heavy (non-hydrogen) atoms. The predicted octanol–water partition coefficient (Wildman–Crippen LogP) is 1.07. The summed E-state index contributed by atoms with van der Waals surface area (Å²) in [4.78, 5) is 0. The molecule has 2 N–H and O–H groups in total. The number of rotatable bonds is 6. The second-order valence-corrected chi connectivity index (χ2v) is 5.35. The van der Waals surface area contributed by atoms with Crippen LogP contribution in [-0.2, 0) is 4.74 Å². The highest BCUT2D eigenvalue weighted by atomic mass is 16.5. The SMILES string of the molecule is CC1(NCC(O)COc2cccc(C#N)c2)CCOC1. The summed E-state index contributed by atoms with van der Waals surface area (Å²) in [5.74, 6) is 0.596. The summed E-state index contributed by atoms with van der Waals surface area (Å²) < 4.78 is 10.8. The average Bonchev–Trinajstić information content (AvgIpc) is 2.90. The van der Waals surface area contributed by atoms with E-state index in [4.69, 9.17) is 14.7 Å². The first-order chi connectivity index (χ1) is 9.61. The fraction of sp³-hybridized carbons (Fsp3) is 0.533. The normalized spacial score (nSPS) is 23.2. The first kappa shape index (κ1) is 14.8. The van der Waals surface area contributed by atoms with Crippen LogP contribution in [0.1, 0.15) is 18.9 Å². The molecule has 1 aliphatic heterocycles. The minimum absolute atomic E-state index is 0.0539. The Bertz CT molecular complexity index is 478. The molecule has 0 bridgehead atoms. The zero-order valence-electron chi connectivity index (χ0n) is 11.6. The molecule has 108 valence electrons. The van der Waals surface area contributed by atoms with Crippen molar-refractivity contribution in [3.05, 3.63) is 29.8 Å². The number of aliphatic hydroxyl groups excluding tert-OH is 1. The molecule has 5 heteroatoms. The lowest BCUT2D eigenvalue weighted by molar-refractivity contribution is 0.0944. The van der Waals surface area contributed by atoms with Crippen molar-refractivity contribution in [1.29, 1.82) is 5.26 Å². The standard InChI is InChI=1S/C15H20N2O3/c1-15(5-6-19-11-15)17-9-13(18)10-20-14-4-2-3-12(7-14)8-16/h2-4,7,13,17-18H,5-6,9-11H2,1H3. The van der Waals surface area contributed by atoms with Gasteiger partial charge in [-0.05, 0) is 31.5 Å². The van der Waals surface area contributed by atoms with Crippen molar-refractivity contribution in [3.63, 3.8) is 0 Å². The van der Waals surface area contributed by atoms with Gasteiger partial charge in [-0.25, -0.2) is 0 Å². The van der Waals surface area contributed by atoms with Crippen LogP contribution >= 0.6 is 0 Å². The van der Waals surface area contributed by atoms with E-state index in [2.05, 4.69) is 18.3 Å². The van der Waals surface area contributed by atoms with Gasteiger partial charge in [0, 0.05) is 18.7 Å². The van der Waals surface area contributed by atoms with Crippen LogP contribution in [0, 0.1) is 11.3 Å². The van der Waals surface area contributed by atoms with Crippen molar-refractivity contribution >= 4 is 0 Å². The van der Waals surface area contributed by atoms with Gasteiger partial charge in [-0.15, -0.1) is 0 Å². The quantitative estimate of drug-likeness (QED) is 0.813. The minimum Gasteiger partial charge on any atom is -0.491 e. The molecule has 2 unspecified atom stereocenters. The van der Waals surface area contributed by atoms with Crippen molar-refractivity contribution in [2.24, 2.45) is 0 Å². The Morgan fingerprint density at radius 3 is 3.15 bits per heavy atom. The van der Waals surface area contributed by atoms with Crippen LogP contribution in [0.3, 0.4) is 0 Å². The Morgan fingerprint density at radius 2 is 2.45 bits per heavy atom. The lowest BCUT2D eigenvalue weighted by Crippen LogP contribution is -2.47. The monoisotopic (exact) mass is 276 g/mol. The second kappa shape index (κ2) is 6.71. The zero-order valence-corrected chi connectivity index (χ0v) is 11.6. The Balaban J connectivity index is 1.74. The van der Waals surface area contributed by atoms with Crippen molar-refractivity contribution < 1.29 is 14.6 Å². The van der Waals surface area contributed by atoms with E-state index in [1.54, 1.807) is 24.3 Å². The van der Waals surface area contributed by atoms with E-state index < -0.39 is 6.10 Å². The van der Waals surface area contributed by atoms with Gasteiger partial charge in [0.15, 0.2) is 0 Å². The maximum absolute atomic E-state index is 9.92. The van der Waals surface area contributed by atoms with E-state index in [9.17, 15) is 5.11 Å². The maximum Gasteiger partial charge on any atom is 0.120 e. The molecule has 1 aliphatic rings. The smallest absolute Gasteiger partial charge is 0.120 e. The lowest BCUT2D eigenvalue weighted by atomic mass is 10.0. The Labute approximate surface area is 119 Å². The van der Waals surface area contributed by atoms with E-state index in [0.717, 1.165) is 13.0 Å². The summed E-state index contributed by atoms with van der Waals surface area (Å²) in [7, 11) is 0. The molecule has 1 aromatic rings. The summed E-state index contributed by atoms with van der Waals surface area (Å²) in [6.07, 6.45) is 0.350. The number of ether oxygens (including phenoxy) is 2. The van der Waals surface area contributed by atoms with Crippen LogP contribution in [0.2, 0.25) is 0 Å². The van der Waals surface area contributed by atoms with Gasteiger partial charge < -0.3 is 19.9 Å². The number of nitriles is 1. The third-order valence-corrected chi connectivity index (χ3v) is 3.39. The van der Waals surface area contributed by atoms with Crippen LogP contribution in [0.25, 0.3) is 0 Å². The average molecular weight is 276 g/mol. The van der Waals surface area contributed by atoms with E-state index in [-0.39, 0.29) is 12.1 Å². The van der Waals surface area contributed by atoms with Crippen molar-refractivity contribution in [2.75, 3.05) is 26.4 Å². The fourth-order valence-corrected chi connectivity index (χ4v) is 2.08. The zero-order chi connectivity index (χ0) is 14.4. The fourth-order valence-electron chi connectivity index (χ4n) is 2.08. The highest BCUT2D eigenvalue weighted by molar-refractivity contribution is 5.36. The van der Waals surface area contributed by atoms with Gasteiger partial charge in [0.25, 0.3) is 0 Å². The summed E-state index contributed by atoms with van der Waals surface area (Å²) in [5, 5.41) is 22.0. The lowest BCUT2D eigenvalue weighted by Gasteiger charge is -2.25. The van der Waals surface area contributed by atoms with Crippen molar-refractivity contribution in [1.82, 2.24) is 5.32 Å². The summed E-state index contributed by atoms with van der Waals surface area (Å²) in [6.45, 7) is 4.17. The molecule has 0 radical (unpaired) electrons. The van der Waals surface area contributed by atoms with Crippen LogP contribution in [0.15, 0.2) is 24.3 Å². The molecule has 0 spiro atoms. The first-order valence-electron chi connectivity index (χ1n) is 6.75. The molecule has 1 saturated heterocycles. The van der Waals surface area contributed by atoms with Gasteiger partial charge >= 0.3 is 0 Å². The van der Waals surface area contributed by atoms with Gasteiger partial charge in [0.1, 0.15) is 18.5 Å².